The maximum atomic E-state index is 12.0. The number of carbonyl (C=O) groups is 2. The maximum absolute atomic E-state index is 12.0. The molecule has 1 saturated heterocycles. The fourth-order valence-corrected chi connectivity index (χ4v) is 4.72. The molecule has 1 N–H and O–H groups in total. The van der Waals surface area contributed by atoms with Gasteiger partial charge in [0.25, 0.3) is 0 Å². The number of hydrogen-bond acceptors (Lipinski definition) is 6. The van der Waals surface area contributed by atoms with Gasteiger partial charge in [-0.2, -0.15) is 0 Å². The summed E-state index contributed by atoms with van der Waals surface area (Å²) < 4.78 is 27.4. The van der Waals surface area contributed by atoms with Crippen molar-refractivity contribution in [2.24, 2.45) is 0 Å². The minimum atomic E-state index is -3.19. The summed E-state index contributed by atoms with van der Waals surface area (Å²) >= 11 is 5.93. The summed E-state index contributed by atoms with van der Waals surface area (Å²) in [4.78, 5) is 24.9. The van der Waals surface area contributed by atoms with Crippen molar-refractivity contribution >= 4 is 33.3 Å². The van der Waals surface area contributed by atoms with Gasteiger partial charge in [0, 0.05) is 0 Å². The van der Waals surface area contributed by atoms with Crippen molar-refractivity contribution in [1.29, 1.82) is 0 Å². The molecule has 1 aliphatic rings. The van der Waals surface area contributed by atoms with Crippen LogP contribution in [0.5, 0.6) is 0 Å². The minimum Gasteiger partial charge on any atom is -0.468 e. The Bertz CT molecular complexity index is 482. The Morgan fingerprint density at radius 2 is 2.00 bits per heavy atom. The molecule has 1 fully saturated rings. The number of rotatable bonds is 7. The van der Waals surface area contributed by atoms with Gasteiger partial charge in [-0.25, -0.2) is 8.42 Å². The number of methoxy groups -OCH3 is 1. The molecule has 7 nitrogen and oxygen atoms in total. The zero-order valence-electron chi connectivity index (χ0n) is 12.2. The van der Waals surface area contributed by atoms with Crippen LogP contribution in [0.1, 0.15) is 13.3 Å². The van der Waals surface area contributed by atoms with E-state index >= 15 is 0 Å². The molecule has 0 saturated carbocycles. The number of amides is 1. The van der Waals surface area contributed by atoms with Crippen molar-refractivity contribution in [3.8, 4) is 0 Å². The summed E-state index contributed by atoms with van der Waals surface area (Å²) in [5.41, 5.74) is 0. The van der Waals surface area contributed by atoms with Gasteiger partial charge in [-0.1, -0.05) is 6.92 Å². The van der Waals surface area contributed by atoms with Crippen LogP contribution in [-0.4, -0.2) is 74.9 Å². The quantitative estimate of drug-likeness (QED) is 0.491. The molecule has 0 aromatic rings. The molecule has 0 aromatic heterocycles. The van der Waals surface area contributed by atoms with Crippen LogP contribution in [0.3, 0.4) is 0 Å². The molecular weight excluding hydrogens is 320 g/mol. The highest BCUT2D eigenvalue weighted by Crippen LogP contribution is 2.17. The van der Waals surface area contributed by atoms with Crippen molar-refractivity contribution in [3.05, 3.63) is 0 Å². The molecule has 1 aliphatic heterocycles. The van der Waals surface area contributed by atoms with Gasteiger partial charge in [-0.15, -0.1) is 11.6 Å². The van der Waals surface area contributed by atoms with Crippen LogP contribution in [0.4, 0.5) is 0 Å². The second-order valence-electron chi connectivity index (χ2n) is 5.05. The SMILES string of the molecule is CCCN(CC(=O)NC1CS(=O)(=O)CC1Cl)CC(=O)OC. The summed E-state index contributed by atoms with van der Waals surface area (Å²) in [7, 11) is -1.90. The highest BCUT2D eigenvalue weighted by molar-refractivity contribution is 7.91. The lowest BCUT2D eigenvalue weighted by molar-refractivity contribution is -0.142. The van der Waals surface area contributed by atoms with Crippen LogP contribution in [0, 0.1) is 0 Å². The molecule has 0 aromatic carbocycles. The van der Waals surface area contributed by atoms with E-state index < -0.39 is 27.2 Å². The third-order valence-electron chi connectivity index (χ3n) is 3.12. The second kappa shape index (κ2) is 7.95. The topological polar surface area (TPSA) is 92.8 Å². The van der Waals surface area contributed by atoms with Gasteiger partial charge in [-0.05, 0) is 13.0 Å². The molecule has 2 unspecified atom stereocenters. The Labute approximate surface area is 129 Å². The summed E-state index contributed by atoms with van der Waals surface area (Å²) in [6.07, 6.45) is 0.778. The van der Waals surface area contributed by atoms with Gasteiger partial charge in [0.15, 0.2) is 9.84 Å². The highest BCUT2D eigenvalue weighted by Gasteiger charge is 2.37. The predicted molar refractivity (Wildman–Crippen MR) is 79.0 cm³/mol. The first-order valence-corrected chi connectivity index (χ1v) is 8.96. The number of ether oxygens (including phenoxy) is 1. The first-order chi connectivity index (χ1) is 9.77. The lowest BCUT2D eigenvalue weighted by Gasteiger charge is -2.21. The average Bonchev–Trinajstić information content (AvgIpc) is 2.62. The van der Waals surface area contributed by atoms with Gasteiger partial charge in [0.2, 0.25) is 5.91 Å². The third kappa shape index (κ3) is 6.19. The number of halogens is 1. The number of nitrogens with zero attached hydrogens (tertiary/aromatic N) is 1. The Morgan fingerprint density at radius 1 is 1.33 bits per heavy atom. The van der Waals surface area contributed by atoms with Crippen LogP contribution in [0.2, 0.25) is 0 Å². The zero-order chi connectivity index (χ0) is 16.0. The standard InChI is InChI=1S/C12H21ClN2O5S/c1-3-4-15(6-12(17)20-2)5-11(16)14-10-8-21(18,19)7-9(10)13/h9-10H,3-8H2,1-2H3,(H,14,16). The molecule has 0 bridgehead atoms. The lowest BCUT2D eigenvalue weighted by atomic mass is 10.2. The van der Waals surface area contributed by atoms with Gasteiger partial charge in [-0.3, -0.25) is 14.5 Å². The van der Waals surface area contributed by atoms with Crippen LogP contribution >= 0.6 is 11.6 Å². The molecule has 0 spiro atoms. The van der Waals surface area contributed by atoms with E-state index in [9.17, 15) is 18.0 Å². The molecule has 0 aliphatic carbocycles. The first-order valence-electron chi connectivity index (χ1n) is 6.70. The molecule has 0 radical (unpaired) electrons. The van der Waals surface area contributed by atoms with E-state index in [1.807, 2.05) is 6.92 Å². The van der Waals surface area contributed by atoms with Crippen molar-refractivity contribution in [1.82, 2.24) is 10.2 Å². The lowest BCUT2D eigenvalue weighted by Crippen LogP contribution is -2.46. The monoisotopic (exact) mass is 340 g/mol. The number of alkyl halides is 1. The predicted octanol–water partition coefficient (Wildman–Crippen LogP) is -0.608. The summed E-state index contributed by atoms with van der Waals surface area (Å²) in [6.45, 7) is 2.52. The van der Waals surface area contributed by atoms with Crippen molar-refractivity contribution in [2.75, 3.05) is 38.2 Å². The third-order valence-corrected chi connectivity index (χ3v) is 5.49. The van der Waals surface area contributed by atoms with Gasteiger partial charge >= 0.3 is 5.97 Å². The number of hydrogen-bond donors (Lipinski definition) is 1. The Hall–Kier alpha value is -0.860. The largest absolute Gasteiger partial charge is 0.468 e. The van der Waals surface area contributed by atoms with E-state index in [0.717, 1.165) is 6.42 Å². The van der Waals surface area contributed by atoms with Crippen LogP contribution < -0.4 is 5.32 Å². The van der Waals surface area contributed by atoms with E-state index in [2.05, 4.69) is 10.1 Å². The van der Waals surface area contributed by atoms with Crippen LogP contribution in [0.25, 0.3) is 0 Å². The summed E-state index contributed by atoms with van der Waals surface area (Å²) in [5, 5.41) is 2.01. The van der Waals surface area contributed by atoms with E-state index in [-0.39, 0.29) is 30.5 Å². The molecule has 122 valence electrons. The molecule has 1 rings (SSSR count). The Kier molecular flexibility index (Phi) is 6.89. The van der Waals surface area contributed by atoms with E-state index in [4.69, 9.17) is 11.6 Å². The zero-order valence-corrected chi connectivity index (χ0v) is 13.7. The second-order valence-corrected chi connectivity index (χ2v) is 7.77. The fourth-order valence-electron chi connectivity index (χ4n) is 2.17. The van der Waals surface area contributed by atoms with Crippen LogP contribution in [-0.2, 0) is 24.2 Å². The van der Waals surface area contributed by atoms with Crippen LogP contribution in [0.15, 0.2) is 0 Å². The first kappa shape index (κ1) is 18.2. The molecule has 21 heavy (non-hydrogen) atoms. The van der Waals surface area contributed by atoms with E-state index in [1.165, 1.54) is 7.11 Å². The number of nitrogens with one attached hydrogen (secondary N) is 1. The number of carbonyl (C=O) groups excluding carboxylic acids is 2. The summed E-state index contributed by atoms with van der Waals surface area (Å²) in [5.74, 6) is -1.03. The summed E-state index contributed by atoms with van der Waals surface area (Å²) in [6, 6.07) is -0.578. The minimum absolute atomic E-state index is 0.00307. The molecule has 1 amide bonds. The van der Waals surface area contributed by atoms with E-state index in [0.29, 0.717) is 6.54 Å². The molecular formula is C12H21ClN2O5S. The Morgan fingerprint density at radius 3 is 2.48 bits per heavy atom. The van der Waals surface area contributed by atoms with Gasteiger partial charge in [0.1, 0.15) is 0 Å². The highest BCUT2D eigenvalue weighted by atomic mass is 35.5. The van der Waals surface area contributed by atoms with Gasteiger partial charge in [0.05, 0.1) is 43.1 Å². The Balaban J connectivity index is 2.52. The normalized spacial score (nSPS) is 24.0. The smallest absolute Gasteiger partial charge is 0.319 e. The van der Waals surface area contributed by atoms with Crippen molar-refractivity contribution in [3.63, 3.8) is 0 Å². The van der Waals surface area contributed by atoms with Crippen molar-refractivity contribution in [2.45, 2.75) is 24.8 Å². The maximum Gasteiger partial charge on any atom is 0.319 e. The number of esters is 1. The van der Waals surface area contributed by atoms with E-state index in [1.54, 1.807) is 4.90 Å². The van der Waals surface area contributed by atoms with Gasteiger partial charge < -0.3 is 10.1 Å². The molecule has 1 heterocycles. The number of sulfone groups is 1. The fraction of sp³-hybridized carbons (Fsp3) is 0.833. The molecule has 9 heteroatoms. The van der Waals surface area contributed by atoms with Crippen molar-refractivity contribution < 1.29 is 22.7 Å². The average molecular weight is 341 g/mol. The molecule has 2 atom stereocenters.